The SMILES string of the molecule is NCc1cnc(N2Cc3ccccc3C2)nc1. The van der Waals surface area contributed by atoms with Crippen molar-refractivity contribution in [3.63, 3.8) is 0 Å². The second kappa shape index (κ2) is 4.14. The molecule has 0 fully saturated rings. The largest absolute Gasteiger partial charge is 0.332 e. The van der Waals surface area contributed by atoms with Crippen LogP contribution in [0.1, 0.15) is 16.7 Å². The van der Waals surface area contributed by atoms with E-state index in [1.54, 1.807) is 12.4 Å². The molecular formula is C13H14N4. The van der Waals surface area contributed by atoms with Crippen molar-refractivity contribution >= 4 is 5.95 Å². The minimum atomic E-state index is 0.487. The minimum absolute atomic E-state index is 0.487. The van der Waals surface area contributed by atoms with Crippen molar-refractivity contribution in [2.75, 3.05) is 4.90 Å². The zero-order chi connectivity index (χ0) is 11.7. The molecule has 3 rings (SSSR count). The van der Waals surface area contributed by atoms with Crippen LogP contribution in [0, 0.1) is 0 Å². The Morgan fingerprint density at radius 3 is 2.18 bits per heavy atom. The van der Waals surface area contributed by atoms with Crippen LogP contribution in [0.3, 0.4) is 0 Å². The van der Waals surface area contributed by atoms with E-state index < -0.39 is 0 Å². The van der Waals surface area contributed by atoms with Crippen LogP contribution in [0.2, 0.25) is 0 Å². The number of anilines is 1. The Balaban J connectivity index is 1.83. The fraction of sp³-hybridized carbons (Fsp3) is 0.231. The van der Waals surface area contributed by atoms with Gasteiger partial charge in [-0.2, -0.15) is 0 Å². The molecule has 0 saturated carbocycles. The molecule has 0 spiro atoms. The maximum Gasteiger partial charge on any atom is 0.225 e. The summed E-state index contributed by atoms with van der Waals surface area (Å²) in [5.74, 6) is 0.776. The number of hydrogen-bond acceptors (Lipinski definition) is 4. The Morgan fingerprint density at radius 1 is 1.06 bits per heavy atom. The maximum absolute atomic E-state index is 5.53. The van der Waals surface area contributed by atoms with Gasteiger partial charge in [0.2, 0.25) is 5.95 Å². The number of rotatable bonds is 2. The molecule has 2 N–H and O–H groups in total. The number of benzene rings is 1. The smallest absolute Gasteiger partial charge is 0.225 e. The highest BCUT2D eigenvalue weighted by atomic mass is 15.3. The first-order chi connectivity index (χ1) is 8.36. The third kappa shape index (κ3) is 1.87. The number of nitrogens with two attached hydrogens (primary N) is 1. The summed E-state index contributed by atoms with van der Waals surface area (Å²) in [6, 6.07) is 8.45. The highest BCUT2D eigenvalue weighted by molar-refractivity contribution is 5.43. The molecule has 0 bridgehead atoms. The lowest BCUT2D eigenvalue weighted by molar-refractivity contribution is 0.822. The van der Waals surface area contributed by atoms with E-state index in [0.29, 0.717) is 6.54 Å². The van der Waals surface area contributed by atoms with Gasteiger partial charge in [0.25, 0.3) is 0 Å². The average Bonchev–Trinajstić information content (AvgIpc) is 2.82. The predicted molar refractivity (Wildman–Crippen MR) is 66.3 cm³/mol. The monoisotopic (exact) mass is 226 g/mol. The Hall–Kier alpha value is -1.94. The molecule has 1 aliphatic heterocycles. The Kier molecular flexibility index (Phi) is 2.49. The fourth-order valence-corrected chi connectivity index (χ4v) is 2.09. The van der Waals surface area contributed by atoms with E-state index in [4.69, 9.17) is 5.73 Å². The summed E-state index contributed by atoms with van der Waals surface area (Å²) in [5, 5.41) is 0. The van der Waals surface area contributed by atoms with E-state index in [9.17, 15) is 0 Å². The van der Waals surface area contributed by atoms with Crippen LogP contribution in [0.15, 0.2) is 36.7 Å². The van der Waals surface area contributed by atoms with Gasteiger partial charge in [-0.3, -0.25) is 0 Å². The average molecular weight is 226 g/mol. The third-order valence-electron chi connectivity index (χ3n) is 3.05. The highest BCUT2D eigenvalue weighted by Crippen LogP contribution is 2.25. The van der Waals surface area contributed by atoms with Crippen LogP contribution in [-0.2, 0) is 19.6 Å². The van der Waals surface area contributed by atoms with E-state index in [0.717, 1.165) is 24.6 Å². The van der Waals surface area contributed by atoms with Gasteiger partial charge in [0.15, 0.2) is 0 Å². The van der Waals surface area contributed by atoms with Crippen LogP contribution in [0.25, 0.3) is 0 Å². The first-order valence-corrected chi connectivity index (χ1v) is 5.69. The normalized spacial score (nSPS) is 13.8. The van der Waals surface area contributed by atoms with Crippen molar-refractivity contribution in [3.8, 4) is 0 Å². The highest BCUT2D eigenvalue weighted by Gasteiger charge is 2.20. The summed E-state index contributed by atoms with van der Waals surface area (Å²) < 4.78 is 0. The second-order valence-electron chi connectivity index (χ2n) is 4.22. The van der Waals surface area contributed by atoms with Gasteiger partial charge in [-0.25, -0.2) is 9.97 Å². The van der Waals surface area contributed by atoms with Gasteiger partial charge < -0.3 is 10.6 Å². The first kappa shape index (κ1) is 10.2. The van der Waals surface area contributed by atoms with Crippen molar-refractivity contribution in [1.29, 1.82) is 0 Å². The lowest BCUT2D eigenvalue weighted by Crippen LogP contribution is -2.17. The third-order valence-corrected chi connectivity index (χ3v) is 3.05. The van der Waals surface area contributed by atoms with Gasteiger partial charge in [0.05, 0.1) is 0 Å². The molecule has 0 atom stereocenters. The lowest BCUT2D eigenvalue weighted by atomic mass is 10.1. The van der Waals surface area contributed by atoms with Gasteiger partial charge in [-0.05, 0) is 11.1 Å². The summed E-state index contributed by atoms with van der Waals surface area (Å²) in [4.78, 5) is 10.9. The fourth-order valence-electron chi connectivity index (χ4n) is 2.09. The molecule has 0 unspecified atom stereocenters. The summed E-state index contributed by atoms with van der Waals surface area (Å²) in [6.07, 6.45) is 3.59. The molecule has 1 aromatic carbocycles. The van der Waals surface area contributed by atoms with Crippen molar-refractivity contribution in [1.82, 2.24) is 9.97 Å². The van der Waals surface area contributed by atoms with Crippen LogP contribution in [0.5, 0.6) is 0 Å². The maximum atomic E-state index is 5.53. The zero-order valence-electron chi connectivity index (χ0n) is 9.50. The van der Waals surface area contributed by atoms with E-state index in [-0.39, 0.29) is 0 Å². The van der Waals surface area contributed by atoms with E-state index >= 15 is 0 Å². The van der Waals surface area contributed by atoms with Crippen molar-refractivity contribution in [3.05, 3.63) is 53.3 Å². The van der Waals surface area contributed by atoms with Crippen LogP contribution >= 0.6 is 0 Å². The van der Waals surface area contributed by atoms with Crippen LogP contribution in [0.4, 0.5) is 5.95 Å². The predicted octanol–water partition coefficient (Wildman–Crippen LogP) is 1.46. The topological polar surface area (TPSA) is 55.0 Å². The van der Waals surface area contributed by atoms with Crippen LogP contribution in [-0.4, -0.2) is 9.97 Å². The molecule has 0 amide bonds. The van der Waals surface area contributed by atoms with Gasteiger partial charge in [-0.15, -0.1) is 0 Å². The van der Waals surface area contributed by atoms with E-state index in [1.807, 2.05) is 0 Å². The molecule has 0 aliphatic carbocycles. The Labute approximate surface area is 100 Å². The van der Waals surface area contributed by atoms with Gasteiger partial charge in [0.1, 0.15) is 0 Å². The minimum Gasteiger partial charge on any atom is -0.332 e. The molecule has 1 aromatic heterocycles. The molecule has 1 aliphatic rings. The molecule has 17 heavy (non-hydrogen) atoms. The number of hydrogen-bond donors (Lipinski definition) is 1. The standard InChI is InChI=1S/C13H14N4/c14-5-10-6-15-13(16-7-10)17-8-11-3-1-2-4-12(11)9-17/h1-4,6-7H,5,8-9,14H2. The Bertz CT molecular complexity index is 496. The van der Waals surface area contributed by atoms with Crippen molar-refractivity contribution < 1.29 is 0 Å². The zero-order valence-corrected chi connectivity index (χ0v) is 9.50. The molecule has 0 radical (unpaired) electrons. The van der Waals surface area contributed by atoms with E-state index in [2.05, 4.69) is 39.1 Å². The van der Waals surface area contributed by atoms with Crippen LogP contribution < -0.4 is 10.6 Å². The summed E-state index contributed by atoms with van der Waals surface area (Å²) in [6.45, 7) is 2.26. The molecule has 0 saturated heterocycles. The summed E-state index contributed by atoms with van der Waals surface area (Å²) >= 11 is 0. The molecular weight excluding hydrogens is 212 g/mol. The second-order valence-corrected chi connectivity index (χ2v) is 4.22. The van der Waals surface area contributed by atoms with Crippen molar-refractivity contribution in [2.45, 2.75) is 19.6 Å². The Morgan fingerprint density at radius 2 is 1.65 bits per heavy atom. The summed E-state index contributed by atoms with van der Waals surface area (Å²) in [7, 11) is 0. The number of nitrogens with zero attached hydrogens (tertiary/aromatic N) is 3. The van der Waals surface area contributed by atoms with Gasteiger partial charge in [-0.1, -0.05) is 24.3 Å². The van der Waals surface area contributed by atoms with Gasteiger partial charge >= 0.3 is 0 Å². The quantitative estimate of drug-likeness (QED) is 0.842. The molecule has 86 valence electrons. The van der Waals surface area contributed by atoms with Gasteiger partial charge in [0, 0.05) is 37.6 Å². The lowest BCUT2D eigenvalue weighted by Gasteiger charge is -2.14. The van der Waals surface area contributed by atoms with Crippen molar-refractivity contribution in [2.24, 2.45) is 5.73 Å². The molecule has 4 heteroatoms. The number of aromatic nitrogens is 2. The molecule has 2 aromatic rings. The number of fused-ring (bicyclic) bond motifs is 1. The molecule has 4 nitrogen and oxygen atoms in total. The molecule has 2 heterocycles. The van der Waals surface area contributed by atoms with E-state index in [1.165, 1.54) is 11.1 Å². The first-order valence-electron chi connectivity index (χ1n) is 5.69. The summed E-state index contributed by atoms with van der Waals surface area (Å²) in [5.41, 5.74) is 9.21.